The summed E-state index contributed by atoms with van der Waals surface area (Å²) in [5, 5.41) is 3.20. The largest absolute Gasteiger partial charge is 0.465 e. The summed E-state index contributed by atoms with van der Waals surface area (Å²) in [7, 11) is 1.32. The molecule has 18 heavy (non-hydrogen) atoms. The standard InChI is InChI=1S/C12H18N2O3S/c1-5-8(13)10(15)14-11-9(12(16)17-4)6(2)7(3)18-11/h8H,5,13H2,1-4H3,(H,14,15)/t8-/m1/s1. The van der Waals surface area contributed by atoms with E-state index in [4.69, 9.17) is 10.5 Å². The molecule has 0 radical (unpaired) electrons. The van der Waals surface area contributed by atoms with Crippen molar-refractivity contribution in [2.75, 3.05) is 12.4 Å². The molecule has 0 bridgehead atoms. The maximum absolute atomic E-state index is 11.7. The van der Waals surface area contributed by atoms with Crippen LogP contribution in [0.1, 0.15) is 34.1 Å². The molecule has 0 aliphatic heterocycles. The number of hydrogen-bond acceptors (Lipinski definition) is 5. The molecule has 0 saturated carbocycles. The second-order valence-electron chi connectivity index (χ2n) is 3.98. The van der Waals surface area contributed by atoms with Gasteiger partial charge in [-0.15, -0.1) is 11.3 Å². The highest BCUT2D eigenvalue weighted by molar-refractivity contribution is 7.16. The van der Waals surface area contributed by atoms with Crippen molar-refractivity contribution in [3.8, 4) is 0 Å². The summed E-state index contributed by atoms with van der Waals surface area (Å²) in [5.41, 5.74) is 6.88. The van der Waals surface area contributed by atoms with Crippen LogP contribution >= 0.6 is 11.3 Å². The summed E-state index contributed by atoms with van der Waals surface area (Å²) in [6, 6.07) is -0.571. The number of methoxy groups -OCH3 is 1. The minimum atomic E-state index is -0.571. The first kappa shape index (κ1) is 14.7. The fourth-order valence-corrected chi connectivity index (χ4v) is 2.50. The van der Waals surface area contributed by atoms with Crippen molar-refractivity contribution in [2.24, 2.45) is 5.73 Å². The van der Waals surface area contributed by atoms with Crippen LogP contribution in [0.5, 0.6) is 0 Å². The number of hydrogen-bond donors (Lipinski definition) is 2. The van der Waals surface area contributed by atoms with E-state index in [0.717, 1.165) is 10.4 Å². The van der Waals surface area contributed by atoms with Crippen molar-refractivity contribution in [1.29, 1.82) is 0 Å². The topological polar surface area (TPSA) is 81.4 Å². The first-order valence-electron chi connectivity index (χ1n) is 5.67. The maximum Gasteiger partial charge on any atom is 0.341 e. The van der Waals surface area contributed by atoms with E-state index in [1.807, 2.05) is 20.8 Å². The third kappa shape index (κ3) is 2.88. The van der Waals surface area contributed by atoms with Gasteiger partial charge in [-0.3, -0.25) is 4.79 Å². The Kier molecular flexibility index (Phi) is 4.86. The third-order valence-electron chi connectivity index (χ3n) is 2.79. The van der Waals surface area contributed by atoms with Gasteiger partial charge in [0, 0.05) is 4.88 Å². The molecule has 1 heterocycles. The normalized spacial score (nSPS) is 12.1. The van der Waals surface area contributed by atoms with Gasteiger partial charge in [0.1, 0.15) is 5.00 Å². The second kappa shape index (κ2) is 5.97. The average molecular weight is 270 g/mol. The number of anilines is 1. The number of thiophene rings is 1. The molecule has 1 rings (SSSR count). The van der Waals surface area contributed by atoms with Crippen LogP contribution in [-0.2, 0) is 9.53 Å². The molecule has 6 heteroatoms. The maximum atomic E-state index is 11.7. The van der Waals surface area contributed by atoms with Gasteiger partial charge in [-0.25, -0.2) is 4.79 Å². The van der Waals surface area contributed by atoms with Gasteiger partial charge in [-0.05, 0) is 25.8 Å². The predicted octanol–water partition coefficient (Wildman–Crippen LogP) is 1.83. The number of carbonyl (C=O) groups is 2. The Morgan fingerprint density at radius 2 is 2.06 bits per heavy atom. The van der Waals surface area contributed by atoms with Crippen LogP contribution in [0.15, 0.2) is 0 Å². The molecule has 0 fully saturated rings. The molecule has 0 aliphatic carbocycles. The Balaban J connectivity index is 3.06. The molecule has 1 amide bonds. The van der Waals surface area contributed by atoms with Gasteiger partial charge in [0.15, 0.2) is 0 Å². The molecule has 0 unspecified atom stereocenters. The zero-order valence-electron chi connectivity index (χ0n) is 11.0. The van der Waals surface area contributed by atoms with Gasteiger partial charge in [0.2, 0.25) is 5.91 Å². The SMILES string of the molecule is CC[C@@H](N)C(=O)Nc1sc(C)c(C)c1C(=O)OC. The van der Waals surface area contributed by atoms with Crippen LogP contribution in [0.3, 0.4) is 0 Å². The van der Waals surface area contributed by atoms with E-state index in [9.17, 15) is 9.59 Å². The van der Waals surface area contributed by atoms with Crippen molar-refractivity contribution in [3.05, 3.63) is 16.0 Å². The quantitative estimate of drug-likeness (QED) is 0.818. The van der Waals surface area contributed by atoms with Crippen molar-refractivity contribution < 1.29 is 14.3 Å². The van der Waals surface area contributed by atoms with Crippen molar-refractivity contribution in [3.63, 3.8) is 0 Å². The lowest BCUT2D eigenvalue weighted by Crippen LogP contribution is -2.35. The first-order chi connectivity index (χ1) is 8.42. The number of esters is 1. The Morgan fingerprint density at radius 3 is 2.56 bits per heavy atom. The number of amides is 1. The van der Waals surface area contributed by atoms with Gasteiger partial charge in [0.25, 0.3) is 0 Å². The number of carbonyl (C=O) groups excluding carboxylic acids is 2. The smallest absolute Gasteiger partial charge is 0.341 e. The molecule has 0 saturated heterocycles. The fourth-order valence-electron chi connectivity index (χ4n) is 1.45. The van der Waals surface area contributed by atoms with Crippen molar-refractivity contribution in [2.45, 2.75) is 33.2 Å². The number of ether oxygens (including phenoxy) is 1. The van der Waals surface area contributed by atoms with E-state index >= 15 is 0 Å². The number of nitrogens with two attached hydrogens (primary N) is 1. The van der Waals surface area contributed by atoms with Crippen LogP contribution in [0.4, 0.5) is 5.00 Å². The van der Waals surface area contributed by atoms with Crippen LogP contribution < -0.4 is 11.1 Å². The van der Waals surface area contributed by atoms with E-state index < -0.39 is 12.0 Å². The highest BCUT2D eigenvalue weighted by Crippen LogP contribution is 2.32. The van der Waals surface area contributed by atoms with Crippen molar-refractivity contribution in [1.82, 2.24) is 0 Å². The van der Waals surface area contributed by atoms with Crippen LogP contribution in [0.2, 0.25) is 0 Å². The zero-order valence-corrected chi connectivity index (χ0v) is 11.8. The van der Waals surface area contributed by atoms with E-state index in [0.29, 0.717) is 17.0 Å². The molecular formula is C12H18N2O3S. The monoisotopic (exact) mass is 270 g/mol. The van der Waals surface area contributed by atoms with Gasteiger partial charge < -0.3 is 15.8 Å². The molecule has 0 spiro atoms. The highest BCUT2D eigenvalue weighted by atomic mass is 32.1. The van der Waals surface area contributed by atoms with Gasteiger partial charge >= 0.3 is 5.97 Å². The number of nitrogens with one attached hydrogen (secondary N) is 1. The Hall–Kier alpha value is -1.40. The molecule has 1 aromatic rings. The summed E-state index contributed by atoms with van der Waals surface area (Å²) in [6.45, 7) is 5.55. The summed E-state index contributed by atoms with van der Waals surface area (Å²) in [6.07, 6.45) is 0.544. The number of aryl methyl sites for hydroxylation is 1. The second-order valence-corrected chi connectivity index (χ2v) is 5.21. The highest BCUT2D eigenvalue weighted by Gasteiger charge is 2.22. The molecule has 100 valence electrons. The summed E-state index contributed by atoms with van der Waals surface area (Å²) in [5.74, 6) is -0.735. The van der Waals surface area contributed by atoms with E-state index in [1.54, 1.807) is 0 Å². The molecule has 0 aliphatic rings. The van der Waals surface area contributed by atoms with Gasteiger partial charge in [-0.2, -0.15) is 0 Å². The van der Waals surface area contributed by atoms with Crippen LogP contribution in [-0.4, -0.2) is 25.0 Å². The fraction of sp³-hybridized carbons (Fsp3) is 0.500. The van der Waals surface area contributed by atoms with Crippen LogP contribution in [0.25, 0.3) is 0 Å². The van der Waals surface area contributed by atoms with Gasteiger partial charge in [0.05, 0.1) is 18.7 Å². The molecule has 0 aromatic carbocycles. The molecular weight excluding hydrogens is 252 g/mol. The molecule has 5 nitrogen and oxygen atoms in total. The predicted molar refractivity (Wildman–Crippen MR) is 72.0 cm³/mol. The third-order valence-corrected chi connectivity index (χ3v) is 3.91. The summed E-state index contributed by atoms with van der Waals surface area (Å²) in [4.78, 5) is 24.4. The Morgan fingerprint density at radius 1 is 1.44 bits per heavy atom. The molecule has 1 aromatic heterocycles. The van der Waals surface area contributed by atoms with E-state index in [-0.39, 0.29) is 5.91 Å². The molecule has 3 N–H and O–H groups in total. The van der Waals surface area contributed by atoms with Crippen molar-refractivity contribution >= 4 is 28.2 Å². The average Bonchev–Trinajstić information content (AvgIpc) is 2.63. The molecule has 1 atom stereocenters. The Bertz CT molecular complexity index is 468. The minimum Gasteiger partial charge on any atom is -0.465 e. The number of rotatable bonds is 4. The Labute approximate surface area is 110 Å². The summed E-state index contributed by atoms with van der Waals surface area (Å²) < 4.78 is 4.72. The van der Waals surface area contributed by atoms with E-state index in [2.05, 4.69) is 5.32 Å². The zero-order chi connectivity index (χ0) is 13.9. The minimum absolute atomic E-state index is 0.288. The first-order valence-corrected chi connectivity index (χ1v) is 6.48. The van der Waals surface area contributed by atoms with E-state index in [1.165, 1.54) is 18.4 Å². The lowest BCUT2D eigenvalue weighted by molar-refractivity contribution is -0.117. The summed E-state index contributed by atoms with van der Waals surface area (Å²) >= 11 is 1.35. The van der Waals surface area contributed by atoms with Gasteiger partial charge in [-0.1, -0.05) is 6.92 Å². The van der Waals surface area contributed by atoms with Crippen LogP contribution in [0, 0.1) is 13.8 Å². The lowest BCUT2D eigenvalue weighted by Gasteiger charge is -2.10. The lowest BCUT2D eigenvalue weighted by atomic mass is 10.1.